The van der Waals surface area contributed by atoms with E-state index in [1.807, 2.05) is 0 Å². The fourth-order valence-corrected chi connectivity index (χ4v) is 0.420. The van der Waals surface area contributed by atoms with Crippen molar-refractivity contribution in [2.24, 2.45) is 0 Å². The van der Waals surface area contributed by atoms with E-state index in [4.69, 9.17) is 5.73 Å². The van der Waals surface area contributed by atoms with Crippen molar-refractivity contribution in [3.63, 3.8) is 0 Å². The third-order valence-electron chi connectivity index (χ3n) is 0.823. The fraction of sp³-hybridized carbons (Fsp3) is 0.250. The molecule has 7 nitrogen and oxygen atoms in total. The van der Waals surface area contributed by atoms with Crippen molar-refractivity contribution >= 4 is 12.1 Å². The Hall–Kier alpha value is -1.79. The van der Waals surface area contributed by atoms with Gasteiger partial charge >= 0.3 is 12.2 Å². The van der Waals surface area contributed by atoms with Gasteiger partial charge in [0.15, 0.2) is 0 Å². The molecule has 0 aliphatic heterocycles. The van der Waals surface area contributed by atoms with Crippen LogP contribution in [0.3, 0.4) is 0 Å². The largest absolute Gasteiger partial charge is 0.516 e. The topological polar surface area (TPSA) is 103 Å². The van der Waals surface area contributed by atoms with E-state index in [9.17, 15) is 4.79 Å². The highest BCUT2D eigenvalue weighted by molar-refractivity contribution is 5.62. The zero-order valence-corrected chi connectivity index (χ0v) is 5.70. The number of nitrogens with two attached hydrogens (primary N) is 1. The summed E-state index contributed by atoms with van der Waals surface area (Å²) in [6.07, 6.45) is -0.885. The van der Waals surface area contributed by atoms with Gasteiger partial charge in [-0.15, -0.1) is 5.10 Å². The summed E-state index contributed by atoms with van der Waals surface area (Å²) in [5, 5.41) is 5.70. The van der Waals surface area contributed by atoms with Crippen molar-refractivity contribution in [3.8, 4) is 6.01 Å². The molecule has 0 aliphatic carbocycles. The standard InChI is InChI=1S/C4H6N4O3/c1-10-4(9)11-3-6-2(5)7-8-3/h1H3,(H3,5,6,7,8). The third kappa shape index (κ3) is 1.81. The van der Waals surface area contributed by atoms with E-state index in [1.165, 1.54) is 7.11 Å². The highest BCUT2D eigenvalue weighted by Crippen LogP contribution is 2.02. The number of aromatic amines is 1. The highest BCUT2D eigenvalue weighted by Gasteiger charge is 2.07. The van der Waals surface area contributed by atoms with Crippen molar-refractivity contribution in [3.05, 3.63) is 0 Å². The number of rotatable bonds is 1. The van der Waals surface area contributed by atoms with Crippen LogP contribution in [0, 0.1) is 0 Å². The first kappa shape index (κ1) is 7.32. The zero-order valence-electron chi connectivity index (χ0n) is 5.70. The summed E-state index contributed by atoms with van der Waals surface area (Å²) < 4.78 is 8.56. The van der Waals surface area contributed by atoms with Gasteiger partial charge in [0.2, 0.25) is 5.95 Å². The molecule has 3 N–H and O–H groups in total. The lowest BCUT2D eigenvalue weighted by molar-refractivity contribution is 0.118. The third-order valence-corrected chi connectivity index (χ3v) is 0.823. The molecule has 11 heavy (non-hydrogen) atoms. The van der Waals surface area contributed by atoms with Crippen molar-refractivity contribution in [1.82, 2.24) is 15.2 Å². The van der Waals surface area contributed by atoms with E-state index >= 15 is 0 Å². The Morgan fingerprint density at radius 2 is 2.45 bits per heavy atom. The monoisotopic (exact) mass is 158 g/mol. The first-order chi connectivity index (χ1) is 5.22. The lowest BCUT2D eigenvalue weighted by Gasteiger charge is -1.93. The number of nitrogens with zero attached hydrogens (tertiary/aromatic N) is 2. The number of hydrogen-bond acceptors (Lipinski definition) is 6. The van der Waals surface area contributed by atoms with Crippen LogP contribution in [0.2, 0.25) is 0 Å². The molecule has 0 aliphatic rings. The summed E-state index contributed by atoms with van der Waals surface area (Å²) in [5.41, 5.74) is 5.13. The minimum Gasteiger partial charge on any atom is -0.437 e. The van der Waals surface area contributed by atoms with Gasteiger partial charge in [0.25, 0.3) is 0 Å². The quantitative estimate of drug-likeness (QED) is 0.535. The number of anilines is 1. The molecule has 0 saturated carbocycles. The Kier molecular flexibility index (Phi) is 1.90. The van der Waals surface area contributed by atoms with Gasteiger partial charge in [-0.05, 0) is 0 Å². The van der Waals surface area contributed by atoms with Crippen molar-refractivity contribution in [1.29, 1.82) is 0 Å². The predicted octanol–water partition coefficient (Wildman–Crippen LogP) is -0.468. The average molecular weight is 158 g/mol. The van der Waals surface area contributed by atoms with Gasteiger partial charge in [0, 0.05) is 0 Å². The van der Waals surface area contributed by atoms with Crippen LogP contribution in [0.5, 0.6) is 6.01 Å². The Morgan fingerprint density at radius 3 is 2.91 bits per heavy atom. The highest BCUT2D eigenvalue weighted by atomic mass is 16.7. The number of H-pyrrole nitrogens is 1. The van der Waals surface area contributed by atoms with Gasteiger partial charge in [-0.3, -0.25) is 0 Å². The van der Waals surface area contributed by atoms with Crippen molar-refractivity contribution in [2.75, 3.05) is 12.8 Å². The van der Waals surface area contributed by atoms with Gasteiger partial charge in [0.1, 0.15) is 0 Å². The maximum atomic E-state index is 10.4. The summed E-state index contributed by atoms with van der Waals surface area (Å²) in [7, 11) is 1.18. The summed E-state index contributed by atoms with van der Waals surface area (Å²) in [5.74, 6) is 0.0731. The van der Waals surface area contributed by atoms with Crippen LogP contribution in [-0.4, -0.2) is 28.4 Å². The number of nitrogen functional groups attached to an aromatic ring is 1. The van der Waals surface area contributed by atoms with E-state index < -0.39 is 6.16 Å². The molecule has 7 heteroatoms. The van der Waals surface area contributed by atoms with Crippen LogP contribution in [0.25, 0.3) is 0 Å². The summed E-state index contributed by atoms with van der Waals surface area (Å²) in [6.45, 7) is 0. The molecule has 1 aromatic heterocycles. The number of ether oxygens (including phenoxy) is 2. The number of nitrogens with one attached hydrogen (secondary N) is 1. The van der Waals surface area contributed by atoms with Gasteiger partial charge in [-0.2, -0.15) is 4.98 Å². The minimum absolute atomic E-state index is 0.0731. The summed E-state index contributed by atoms with van der Waals surface area (Å²) in [6, 6.07) is -0.158. The Morgan fingerprint density at radius 1 is 1.73 bits per heavy atom. The van der Waals surface area contributed by atoms with Crippen LogP contribution in [0.1, 0.15) is 0 Å². The zero-order chi connectivity index (χ0) is 8.27. The Labute approximate surface area is 61.5 Å². The van der Waals surface area contributed by atoms with E-state index in [0.29, 0.717) is 0 Å². The molecule has 0 saturated heterocycles. The number of hydrogen-bond donors (Lipinski definition) is 2. The van der Waals surface area contributed by atoms with Gasteiger partial charge < -0.3 is 15.2 Å². The Balaban J connectivity index is 2.57. The van der Waals surface area contributed by atoms with E-state index in [0.717, 1.165) is 0 Å². The van der Waals surface area contributed by atoms with Crippen LogP contribution in [0.15, 0.2) is 0 Å². The molecular formula is C4H6N4O3. The smallest absolute Gasteiger partial charge is 0.437 e. The SMILES string of the molecule is COC(=O)Oc1n[nH]c(N)n1. The molecule has 0 atom stereocenters. The second kappa shape index (κ2) is 2.86. The molecule has 60 valence electrons. The molecule has 0 spiro atoms. The summed E-state index contributed by atoms with van der Waals surface area (Å²) >= 11 is 0. The minimum atomic E-state index is -0.885. The Bertz CT molecular complexity index is 258. The number of methoxy groups -OCH3 is 1. The van der Waals surface area contributed by atoms with Crippen molar-refractivity contribution < 1.29 is 14.3 Å². The normalized spacial score (nSPS) is 9.18. The van der Waals surface area contributed by atoms with Crippen LogP contribution < -0.4 is 10.5 Å². The lowest BCUT2D eigenvalue weighted by atomic mass is 11.1. The van der Waals surface area contributed by atoms with Gasteiger partial charge in [-0.25, -0.2) is 9.89 Å². The second-order valence-electron chi connectivity index (χ2n) is 1.56. The van der Waals surface area contributed by atoms with E-state index in [1.54, 1.807) is 0 Å². The van der Waals surface area contributed by atoms with Gasteiger partial charge in [-0.1, -0.05) is 0 Å². The van der Waals surface area contributed by atoms with Crippen molar-refractivity contribution in [2.45, 2.75) is 0 Å². The second-order valence-corrected chi connectivity index (χ2v) is 1.56. The number of carbonyl (C=O) groups is 1. The molecule has 1 heterocycles. The molecule has 0 amide bonds. The maximum Gasteiger partial charge on any atom is 0.516 e. The van der Waals surface area contributed by atoms with Crippen LogP contribution in [0.4, 0.5) is 10.7 Å². The fourth-order valence-electron chi connectivity index (χ4n) is 0.420. The average Bonchev–Trinajstić information content (AvgIpc) is 2.35. The van der Waals surface area contributed by atoms with Gasteiger partial charge in [0.05, 0.1) is 7.11 Å². The number of aromatic nitrogens is 3. The lowest BCUT2D eigenvalue weighted by Crippen LogP contribution is -2.08. The van der Waals surface area contributed by atoms with E-state index in [2.05, 4.69) is 24.7 Å². The molecular weight excluding hydrogens is 152 g/mol. The first-order valence-corrected chi connectivity index (χ1v) is 2.66. The molecule has 0 bridgehead atoms. The molecule has 0 aromatic carbocycles. The molecule has 1 aromatic rings. The summed E-state index contributed by atoms with van der Waals surface area (Å²) in [4.78, 5) is 13.9. The van der Waals surface area contributed by atoms with Crippen LogP contribution in [-0.2, 0) is 4.74 Å². The molecule has 1 rings (SSSR count). The first-order valence-electron chi connectivity index (χ1n) is 2.66. The van der Waals surface area contributed by atoms with E-state index in [-0.39, 0.29) is 12.0 Å². The predicted molar refractivity (Wildman–Crippen MR) is 33.8 cm³/mol. The molecule has 0 fully saturated rings. The van der Waals surface area contributed by atoms with Crippen LogP contribution >= 0.6 is 0 Å². The molecule has 0 radical (unpaired) electrons. The maximum absolute atomic E-state index is 10.4. The number of carbonyl (C=O) groups excluding carboxylic acids is 1. The molecule has 0 unspecified atom stereocenters.